The molecule has 2 N–H and O–H groups in total. The Labute approximate surface area is 112 Å². The van der Waals surface area contributed by atoms with E-state index in [2.05, 4.69) is 10.6 Å². The van der Waals surface area contributed by atoms with E-state index in [1.54, 1.807) is 11.8 Å². The van der Waals surface area contributed by atoms with E-state index < -0.39 is 0 Å². The van der Waals surface area contributed by atoms with Gasteiger partial charge in [0.2, 0.25) is 5.91 Å². The van der Waals surface area contributed by atoms with Crippen LogP contribution < -0.4 is 10.6 Å². The fraction of sp³-hybridized carbons (Fsp3) is 0.615. The van der Waals surface area contributed by atoms with Crippen LogP contribution in [0.25, 0.3) is 0 Å². The summed E-state index contributed by atoms with van der Waals surface area (Å²) >= 11 is 1.76. The molecule has 1 saturated heterocycles. The van der Waals surface area contributed by atoms with Gasteiger partial charge in [0, 0.05) is 5.25 Å². The van der Waals surface area contributed by atoms with Gasteiger partial charge in [-0.15, -0.1) is 11.8 Å². The summed E-state index contributed by atoms with van der Waals surface area (Å²) in [7, 11) is 0. The van der Waals surface area contributed by atoms with Crippen molar-refractivity contribution >= 4 is 17.7 Å². The van der Waals surface area contributed by atoms with Crippen molar-refractivity contribution in [3.05, 3.63) is 23.7 Å². The fourth-order valence-corrected chi connectivity index (χ4v) is 3.03. The molecule has 0 spiro atoms. The number of amides is 1. The van der Waals surface area contributed by atoms with Crippen LogP contribution >= 0.6 is 11.8 Å². The van der Waals surface area contributed by atoms with Crippen molar-refractivity contribution in [2.24, 2.45) is 0 Å². The lowest BCUT2D eigenvalue weighted by atomic mass is 10.2. The summed E-state index contributed by atoms with van der Waals surface area (Å²) in [6, 6.07) is 3.81. The van der Waals surface area contributed by atoms with Gasteiger partial charge < -0.3 is 15.1 Å². The van der Waals surface area contributed by atoms with E-state index >= 15 is 0 Å². The summed E-state index contributed by atoms with van der Waals surface area (Å²) < 4.78 is 5.40. The number of rotatable bonds is 5. The minimum Gasteiger partial charge on any atom is -0.465 e. The average Bonchev–Trinajstić information content (AvgIpc) is 2.81. The van der Waals surface area contributed by atoms with Gasteiger partial charge in [-0.1, -0.05) is 0 Å². The SMILES string of the molecule is Cc1ccc(CNC(=O)CSC2CCNCC2)o1. The lowest BCUT2D eigenvalue weighted by molar-refractivity contribution is -0.118. The number of hydrogen-bond acceptors (Lipinski definition) is 4. The molecule has 4 nitrogen and oxygen atoms in total. The first-order chi connectivity index (χ1) is 8.74. The third-order valence-corrected chi connectivity index (χ3v) is 4.36. The summed E-state index contributed by atoms with van der Waals surface area (Å²) in [4.78, 5) is 11.7. The molecule has 1 amide bonds. The molecule has 0 unspecified atom stereocenters. The molecule has 5 heteroatoms. The van der Waals surface area contributed by atoms with E-state index in [1.165, 1.54) is 0 Å². The number of carbonyl (C=O) groups is 1. The molecule has 1 aliphatic heterocycles. The number of nitrogens with one attached hydrogen (secondary N) is 2. The van der Waals surface area contributed by atoms with E-state index in [9.17, 15) is 4.79 Å². The summed E-state index contributed by atoms with van der Waals surface area (Å²) in [6.07, 6.45) is 2.32. The maximum absolute atomic E-state index is 11.7. The Morgan fingerprint density at radius 1 is 1.50 bits per heavy atom. The lowest BCUT2D eigenvalue weighted by Gasteiger charge is -2.21. The zero-order chi connectivity index (χ0) is 12.8. The highest BCUT2D eigenvalue weighted by molar-refractivity contribution is 8.00. The standard InChI is InChI=1S/C13H20N2O2S/c1-10-2-3-11(17-10)8-15-13(16)9-18-12-4-6-14-7-5-12/h2-3,12,14H,4-9H2,1H3,(H,15,16). The molecule has 100 valence electrons. The van der Waals surface area contributed by atoms with Crippen molar-refractivity contribution in [3.8, 4) is 0 Å². The highest BCUT2D eigenvalue weighted by atomic mass is 32.2. The molecule has 0 radical (unpaired) electrons. The fourth-order valence-electron chi connectivity index (χ4n) is 1.97. The Kier molecular flexibility index (Phi) is 5.13. The third kappa shape index (κ3) is 4.38. The molecule has 1 aromatic heterocycles. The van der Waals surface area contributed by atoms with E-state index in [0.717, 1.165) is 37.5 Å². The Bertz CT molecular complexity index is 386. The second kappa shape index (κ2) is 6.85. The minimum atomic E-state index is 0.0904. The van der Waals surface area contributed by atoms with Gasteiger partial charge in [-0.05, 0) is 45.0 Å². The monoisotopic (exact) mass is 268 g/mol. The zero-order valence-corrected chi connectivity index (χ0v) is 11.5. The van der Waals surface area contributed by atoms with Gasteiger partial charge in [0.1, 0.15) is 11.5 Å². The average molecular weight is 268 g/mol. The molecule has 0 saturated carbocycles. The lowest BCUT2D eigenvalue weighted by Crippen LogP contribution is -2.31. The van der Waals surface area contributed by atoms with Crippen molar-refractivity contribution in [3.63, 3.8) is 0 Å². The topological polar surface area (TPSA) is 54.3 Å². The van der Waals surface area contributed by atoms with Crippen LogP contribution in [-0.2, 0) is 11.3 Å². The van der Waals surface area contributed by atoms with Gasteiger partial charge in [-0.2, -0.15) is 0 Å². The number of carbonyl (C=O) groups excluding carboxylic acids is 1. The van der Waals surface area contributed by atoms with Crippen molar-refractivity contribution in [2.75, 3.05) is 18.8 Å². The van der Waals surface area contributed by atoms with Crippen LogP contribution in [0.3, 0.4) is 0 Å². The Balaban J connectivity index is 1.62. The zero-order valence-electron chi connectivity index (χ0n) is 10.7. The number of hydrogen-bond donors (Lipinski definition) is 2. The highest BCUT2D eigenvalue weighted by Gasteiger charge is 2.14. The maximum Gasteiger partial charge on any atom is 0.230 e. The van der Waals surface area contributed by atoms with Crippen molar-refractivity contribution < 1.29 is 9.21 Å². The number of aryl methyl sites for hydroxylation is 1. The van der Waals surface area contributed by atoms with Crippen LogP contribution in [0.5, 0.6) is 0 Å². The Morgan fingerprint density at radius 3 is 2.94 bits per heavy atom. The predicted molar refractivity (Wildman–Crippen MR) is 73.6 cm³/mol. The Morgan fingerprint density at radius 2 is 2.28 bits per heavy atom. The summed E-state index contributed by atoms with van der Waals surface area (Å²) in [5, 5.41) is 6.84. The van der Waals surface area contributed by atoms with Gasteiger partial charge in [0.15, 0.2) is 0 Å². The molecular formula is C13H20N2O2S. The molecule has 2 heterocycles. The summed E-state index contributed by atoms with van der Waals surface area (Å²) in [5.74, 6) is 2.33. The van der Waals surface area contributed by atoms with Crippen LogP contribution in [-0.4, -0.2) is 30.0 Å². The molecule has 1 aromatic rings. The first-order valence-electron chi connectivity index (χ1n) is 6.38. The van der Waals surface area contributed by atoms with Crippen molar-refractivity contribution in [2.45, 2.75) is 31.6 Å². The van der Waals surface area contributed by atoms with Gasteiger partial charge in [0.05, 0.1) is 12.3 Å². The van der Waals surface area contributed by atoms with E-state index in [0.29, 0.717) is 17.5 Å². The van der Waals surface area contributed by atoms with E-state index in [-0.39, 0.29) is 5.91 Å². The first-order valence-corrected chi connectivity index (χ1v) is 7.43. The molecule has 1 fully saturated rings. The molecule has 0 atom stereocenters. The number of piperidine rings is 1. The van der Waals surface area contributed by atoms with Crippen LogP contribution in [0.4, 0.5) is 0 Å². The highest BCUT2D eigenvalue weighted by Crippen LogP contribution is 2.19. The van der Waals surface area contributed by atoms with Gasteiger partial charge >= 0.3 is 0 Å². The second-order valence-electron chi connectivity index (χ2n) is 4.55. The van der Waals surface area contributed by atoms with Gasteiger partial charge in [-0.3, -0.25) is 4.79 Å². The maximum atomic E-state index is 11.7. The van der Waals surface area contributed by atoms with Crippen LogP contribution in [0.2, 0.25) is 0 Å². The van der Waals surface area contributed by atoms with Crippen molar-refractivity contribution in [1.82, 2.24) is 10.6 Å². The number of furan rings is 1. The van der Waals surface area contributed by atoms with Gasteiger partial charge in [0.25, 0.3) is 0 Å². The minimum absolute atomic E-state index is 0.0904. The van der Waals surface area contributed by atoms with E-state index in [4.69, 9.17) is 4.42 Å². The van der Waals surface area contributed by atoms with Gasteiger partial charge in [-0.25, -0.2) is 0 Å². The first kappa shape index (κ1) is 13.5. The normalized spacial score (nSPS) is 16.7. The molecule has 0 aliphatic carbocycles. The number of thioether (sulfide) groups is 1. The molecule has 0 aromatic carbocycles. The predicted octanol–water partition coefficient (Wildman–Crippen LogP) is 1.69. The molecule has 18 heavy (non-hydrogen) atoms. The second-order valence-corrected chi connectivity index (χ2v) is 5.84. The third-order valence-electron chi connectivity index (χ3n) is 2.99. The van der Waals surface area contributed by atoms with Crippen LogP contribution in [0, 0.1) is 6.92 Å². The quantitative estimate of drug-likeness (QED) is 0.853. The molecule has 0 bridgehead atoms. The van der Waals surface area contributed by atoms with Crippen molar-refractivity contribution in [1.29, 1.82) is 0 Å². The van der Waals surface area contributed by atoms with Crippen LogP contribution in [0.1, 0.15) is 24.4 Å². The smallest absolute Gasteiger partial charge is 0.230 e. The largest absolute Gasteiger partial charge is 0.465 e. The molecular weight excluding hydrogens is 248 g/mol. The Hall–Kier alpha value is -0.940. The summed E-state index contributed by atoms with van der Waals surface area (Å²) in [6.45, 7) is 4.54. The summed E-state index contributed by atoms with van der Waals surface area (Å²) in [5.41, 5.74) is 0. The van der Waals surface area contributed by atoms with Crippen LogP contribution in [0.15, 0.2) is 16.5 Å². The van der Waals surface area contributed by atoms with E-state index in [1.807, 2.05) is 19.1 Å². The molecule has 1 aliphatic rings. The molecule has 2 rings (SSSR count).